The molecule has 0 atom stereocenters. The first-order chi connectivity index (χ1) is 5.21. The van der Waals surface area contributed by atoms with Crippen molar-refractivity contribution in [2.75, 3.05) is 0 Å². The summed E-state index contributed by atoms with van der Waals surface area (Å²) in [5.74, 6) is 1.31. The molecule has 0 spiro atoms. The predicted molar refractivity (Wildman–Crippen MR) is 44.3 cm³/mol. The van der Waals surface area contributed by atoms with Crippen molar-refractivity contribution in [1.29, 1.82) is 0 Å². The van der Waals surface area contributed by atoms with Crippen molar-refractivity contribution in [2.24, 2.45) is 11.3 Å². The van der Waals surface area contributed by atoms with Crippen molar-refractivity contribution < 1.29 is 4.79 Å². The van der Waals surface area contributed by atoms with Crippen molar-refractivity contribution in [3.63, 3.8) is 0 Å². The molecule has 2 saturated carbocycles. The van der Waals surface area contributed by atoms with Gasteiger partial charge in [0.15, 0.2) is 0 Å². The minimum absolute atomic E-state index is 0.135. The minimum atomic E-state index is 0.135. The van der Waals surface area contributed by atoms with Crippen LogP contribution >= 0.6 is 0 Å². The molecular formula is C10H16O. The Morgan fingerprint density at radius 1 is 1.45 bits per heavy atom. The zero-order valence-electron chi connectivity index (χ0n) is 7.23. The summed E-state index contributed by atoms with van der Waals surface area (Å²) < 4.78 is 0. The van der Waals surface area contributed by atoms with Crippen LogP contribution in [0.4, 0.5) is 0 Å². The molecule has 0 bridgehead atoms. The largest absolute Gasteiger partial charge is 0.299 e. The van der Waals surface area contributed by atoms with Gasteiger partial charge in [-0.15, -0.1) is 0 Å². The van der Waals surface area contributed by atoms with Gasteiger partial charge in [-0.3, -0.25) is 4.79 Å². The van der Waals surface area contributed by atoms with E-state index in [0.29, 0.717) is 5.78 Å². The highest BCUT2D eigenvalue weighted by atomic mass is 16.1. The molecule has 0 aromatic rings. The van der Waals surface area contributed by atoms with E-state index in [4.69, 9.17) is 0 Å². The van der Waals surface area contributed by atoms with Gasteiger partial charge in [-0.25, -0.2) is 0 Å². The van der Waals surface area contributed by atoms with Crippen molar-refractivity contribution in [1.82, 2.24) is 0 Å². The lowest BCUT2D eigenvalue weighted by Gasteiger charge is -2.25. The highest BCUT2D eigenvalue weighted by molar-refractivity contribution is 5.87. The molecule has 2 rings (SSSR count). The maximum atomic E-state index is 11.5. The van der Waals surface area contributed by atoms with E-state index in [9.17, 15) is 4.79 Å². The molecule has 2 aliphatic carbocycles. The third-order valence-electron chi connectivity index (χ3n) is 3.37. The molecular weight excluding hydrogens is 136 g/mol. The van der Waals surface area contributed by atoms with E-state index < -0.39 is 0 Å². The van der Waals surface area contributed by atoms with Crippen molar-refractivity contribution in [3.8, 4) is 0 Å². The average molecular weight is 152 g/mol. The SMILES string of the molecule is CC1(C(=O)CC2CCC2)CC1. The van der Waals surface area contributed by atoms with E-state index in [1.165, 1.54) is 19.3 Å². The predicted octanol–water partition coefficient (Wildman–Crippen LogP) is 2.55. The van der Waals surface area contributed by atoms with E-state index >= 15 is 0 Å². The Balaban J connectivity index is 1.81. The summed E-state index contributed by atoms with van der Waals surface area (Å²) >= 11 is 0. The number of ketones is 1. The number of carbonyl (C=O) groups excluding carboxylic acids is 1. The summed E-state index contributed by atoms with van der Waals surface area (Å²) in [6, 6.07) is 0. The van der Waals surface area contributed by atoms with Gasteiger partial charge in [0.2, 0.25) is 0 Å². The zero-order valence-corrected chi connectivity index (χ0v) is 7.23. The summed E-state index contributed by atoms with van der Waals surface area (Å²) in [7, 11) is 0. The fourth-order valence-electron chi connectivity index (χ4n) is 1.67. The van der Waals surface area contributed by atoms with E-state index in [1.807, 2.05) is 0 Å². The third-order valence-corrected chi connectivity index (χ3v) is 3.37. The highest BCUT2D eigenvalue weighted by Gasteiger charge is 2.44. The lowest BCUT2D eigenvalue weighted by Crippen LogP contribution is -2.20. The van der Waals surface area contributed by atoms with Crippen LogP contribution in [0, 0.1) is 11.3 Å². The van der Waals surface area contributed by atoms with Gasteiger partial charge in [0.05, 0.1) is 0 Å². The van der Waals surface area contributed by atoms with E-state index in [2.05, 4.69) is 6.92 Å². The molecule has 0 saturated heterocycles. The summed E-state index contributed by atoms with van der Waals surface area (Å²) in [4.78, 5) is 11.5. The van der Waals surface area contributed by atoms with Crippen LogP contribution in [0.5, 0.6) is 0 Å². The second-order valence-electron chi connectivity index (χ2n) is 4.48. The van der Waals surface area contributed by atoms with Crippen LogP contribution in [-0.2, 0) is 4.79 Å². The van der Waals surface area contributed by atoms with Gasteiger partial charge in [0, 0.05) is 11.8 Å². The van der Waals surface area contributed by atoms with Gasteiger partial charge >= 0.3 is 0 Å². The number of hydrogen-bond donors (Lipinski definition) is 0. The standard InChI is InChI=1S/C10H16O/c1-10(5-6-10)9(11)7-8-3-2-4-8/h8H,2-7H2,1H3. The monoisotopic (exact) mass is 152 g/mol. The van der Waals surface area contributed by atoms with Crippen LogP contribution < -0.4 is 0 Å². The third kappa shape index (κ3) is 1.33. The lowest BCUT2D eigenvalue weighted by molar-refractivity contribution is -0.125. The number of carbonyl (C=O) groups is 1. The smallest absolute Gasteiger partial charge is 0.139 e. The molecule has 0 aromatic heterocycles. The molecule has 0 radical (unpaired) electrons. The molecule has 62 valence electrons. The second-order valence-corrected chi connectivity index (χ2v) is 4.48. The molecule has 2 aliphatic rings. The maximum absolute atomic E-state index is 11.5. The Morgan fingerprint density at radius 2 is 2.09 bits per heavy atom. The molecule has 1 heteroatoms. The Morgan fingerprint density at radius 3 is 2.45 bits per heavy atom. The fourth-order valence-corrected chi connectivity index (χ4v) is 1.67. The molecule has 2 fully saturated rings. The Labute approximate surface area is 68.2 Å². The lowest BCUT2D eigenvalue weighted by atomic mass is 9.79. The molecule has 0 unspecified atom stereocenters. The van der Waals surface area contributed by atoms with E-state index in [0.717, 1.165) is 25.2 Å². The fraction of sp³-hybridized carbons (Fsp3) is 0.900. The number of hydrogen-bond acceptors (Lipinski definition) is 1. The normalized spacial score (nSPS) is 27.7. The number of Topliss-reactive ketones (excluding diaryl/α,β-unsaturated/α-hetero) is 1. The topological polar surface area (TPSA) is 17.1 Å². The highest BCUT2D eigenvalue weighted by Crippen LogP contribution is 2.48. The summed E-state index contributed by atoms with van der Waals surface area (Å²) in [5.41, 5.74) is 0.135. The first-order valence-electron chi connectivity index (χ1n) is 4.74. The van der Waals surface area contributed by atoms with Crippen LogP contribution in [0.15, 0.2) is 0 Å². The minimum Gasteiger partial charge on any atom is -0.299 e. The van der Waals surface area contributed by atoms with Gasteiger partial charge < -0.3 is 0 Å². The zero-order chi connectivity index (χ0) is 7.90. The second kappa shape index (κ2) is 2.33. The van der Waals surface area contributed by atoms with Crippen LogP contribution in [0.25, 0.3) is 0 Å². The van der Waals surface area contributed by atoms with Gasteiger partial charge in [0.1, 0.15) is 5.78 Å². The van der Waals surface area contributed by atoms with Crippen molar-refractivity contribution >= 4 is 5.78 Å². The summed E-state index contributed by atoms with van der Waals surface area (Å²) in [6.07, 6.45) is 7.16. The van der Waals surface area contributed by atoms with Gasteiger partial charge in [-0.05, 0) is 18.8 Å². The quantitative estimate of drug-likeness (QED) is 0.607. The van der Waals surface area contributed by atoms with Crippen LogP contribution in [0.2, 0.25) is 0 Å². The molecule has 0 aromatic carbocycles. The molecule has 0 amide bonds. The molecule has 0 heterocycles. The first-order valence-corrected chi connectivity index (χ1v) is 4.74. The molecule has 1 nitrogen and oxygen atoms in total. The van der Waals surface area contributed by atoms with Gasteiger partial charge in [-0.2, -0.15) is 0 Å². The van der Waals surface area contributed by atoms with Gasteiger partial charge in [0.25, 0.3) is 0 Å². The van der Waals surface area contributed by atoms with Crippen LogP contribution in [0.3, 0.4) is 0 Å². The van der Waals surface area contributed by atoms with Crippen LogP contribution in [0.1, 0.15) is 45.4 Å². The Kier molecular flexibility index (Phi) is 1.55. The summed E-state index contributed by atoms with van der Waals surface area (Å²) in [5, 5.41) is 0. The van der Waals surface area contributed by atoms with Crippen molar-refractivity contribution in [2.45, 2.75) is 45.4 Å². The Hall–Kier alpha value is -0.330. The molecule has 0 aliphatic heterocycles. The maximum Gasteiger partial charge on any atom is 0.139 e. The molecule has 0 N–H and O–H groups in total. The first kappa shape index (κ1) is 7.33. The van der Waals surface area contributed by atoms with Gasteiger partial charge in [-0.1, -0.05) is 26.2 Å². The molecule has 11 heavy (non-hydrogen) atoms. The Bertz CT molecular complexity index is 175. The van der Waals surface area contributed by atoms with E-state index in [-0.39, 0.29) is 5.41 Å². The average Bonchev–Trinajstić information content (AvgIpc) is 2.59. The number of rotatable bonds is 3. The van der Waals surface area contributed by atoms with E-state index in [1.54, 1.807) is 0 Å². The van der Waals surface area contributed by atoms with Crippen LogP contribution in [-0.4, -0.2) is 5.78 Å². The van der Waals surface area contributed by atoms with Crippen molar-refractivity contribution in [3.05, 3.63) is 0 Å². The summed E-state index contributed by atoms with van der Waals surface area (Å²) in [6.45, 7) is 2.12.